The van der Waals surface area contributed by atoms with E-state index >= 15 is 0 Å². The molecule has 0 saturated carbocycles. The van der Waals surface area contributed by atoms with Crippen LogP contribution in [0.5, 0.6) is 5.75 Å². The van der Waals surface area contributed by atoms with Crippen molar-refractivity contribution in [3.05, 3.63) is 50.4 Å². The fourth-order valence-electron chi connectivity index (χ4n) is 1.74. The number of carbonyl (C=O) groups is 1. The molecule has 2 aromatic rings. The Hall–Kier alpha value is -1.53. The van der Waals surface area contributed by atoms with Crippen molar-refractivity contribution >= 4 is 49.1 Å². The molecule has 4 nitrogen and oxygen atoms in total. The maximum Gasteiger partial charge on any atom is 0.259 e. The van der Waals surface area contributed by atoms with Gasteiger partial charge in [0.15, 0.2) is 0 Å². The van der Waals surface area contributed by atoms with Gasteiger partial charge in [-0.15, -0.1) is 0 Å². The molecule has 0 aliphatic rings. The van der Waals surface area contributed by atoms with Crippen molar-refractivity contribution in [2.45, 2.75) is 6.92 Å². The van der Waals surface area contributed by atoms with E-state index in [9.17, 15) is 9.90 Å². The van der Waals surface area contributed by atoms with Crippen LogP contribution in [0.15, 0.2) is 39.3 Å². The van der Waals surface area contributed by atoms with Gasteiger partial charge in [0.2, 0.25) is 0 Å². The first kappa shape index (κ1) is 14.9. The van der Waals surface area contributed by atoms with Crippen LogP contribution in [0.25, 0.3) is 0 Å². The van der Waals surface area contributed by atoms with Crippen LogP contribution in [0.3, 0.4) is 0 Å². The van der Waals surface area contributed by atoms with E-state index < -0.39 is 5.91 Å². The fourth-order valence-corrected chi connectivity index (χ4v) is 3.16. The molecular formula is C14H12Br2N2O2. The van der Waals surface area contributed by atoms with Crippen molar-refractivity contribution in [2.75, 3.05) is 11.1 Å². The van der Waals surface area contributed by atoms with Crippen LogP contribution in [0, 0.1) is 6.92 Å². The average molecular weight is 400 g/mol. The van der Waals surface area contributed by atoms with Crippen LogP contribution in [-0.4, -0.2) is 11.0 Å². The largest absolute Gasteiger partial charge is 0.507 e. The third kappa shape index (κ3) is 2.96. The van der Waals surface area contributed by atoms with Crippen LogP contribution in [0.2, 0.25) is 0 Å². The number of hydrogen-bond donors (Lipinski definition) is 3. The van der Waals surface area contributed by atoms with E-state index in [4.69, 9.17) is 5.73 Å². The standard InChI is InChI=1S/C14H12Br2N2O2/c1-7-3-2-4-9(13(7)19)14(20)18-12-10(15)5-8(17)6-11(12)16/h2-6,19H,17H2,1H3,(H,18,20). The van der Waals surface area contributed by atoms with Crippen molar-refractivity contribution < 1.29 is 9.90 Å². The molecule has 2 rings (SSSR count). The summed E-state index contributed by atoms with van der Waals surface area (Å²) in [6.07, 6.45) is 0. The quantitative estimate of drug-likeness (QED) is 0.666. The van der Waals surface area contributed by atoms with E-state index in [0.29, 0.717) is 25.9 Å². The highest BCUT2D eigenvalue weighted by Gasteiger charge is 2.15. The number of benzene rings is 2. The molecule has 0 aliphatic carbocycles. The number of aryl methyl sites for hydroxylation is 1. The minimum atomic E-state index is -0.391. The van der Waals surface area contributed by atoms with Crippen molar-refractivity contribution in [3.63, 3.8) is 0 Å². The van der Waals surface area contributed by atoms with Crippen LogP contribution >= 0.6 is 31.9 Å². The van der Waals surface area contributed by atoms with Gasteiger partial charge >= 0.3 is 0 Å². The van der Waals surface area contributed by atoms with E-state index in [2.05, 4.69) is 37.2 Å². The number of phenolic OH excluding ortho intramolecular Hbond substituents is 1. The first-order valence-electron chi connectivity index (χ1n) is 5.74. The normalized spacial score (nSPS) is 10.3. The van der Waals surface area contributed by atoms with E-state index in [1.165, 1.54) is 0 Å². The minimum absolute atomic E-state index is 0.0207. The SMILES string of the molecule is Cc1cccc(C(=O)Nc2c(Br)cc(N)cc2Br)c1O. The molecule has 4 N–H and O–H groups in total. The highest BCUT2D eigenvalue weighted by molar-refractivity contribution is 9.11. The number of para-hydroxylation sites is 1. The number of aromatic hydroxyl groups is 1. The van der Waals surface area contributed by atoms with Crippen molar-refractivity contribution in [1.82, 2.24) is 0 Å². The van der Waals surface area contributed by atoms with Gasteiger partial charge in [0.25, 0.3) is 5.91 Å². The van der Waals surface area contributed by atoms with E-state index in [0.717, 1.165) is 0 Å². The number of rotatable bonds is 2. The smallest absolute Gasteiger partial charge is 0.259 e. The molecule has 1 amide bonds. The Labute approximate surface area is 133 Å². The zero-order chi connectivity index (χ0) is 14.9. The van der Waals surface area contributed by atoms with Crippen molar-refractivity contribution in [2.24, 2.45) is 0 Å². The molecule has 0 aromatic heterocycles. The summed E-state index contributed by atoms with van der Waals surface area (Å²) in [5, 5.41) is 12.7. The Morgan fingerprint density at radius 3 is 2.45 bits per heavy atom. The predicted molar refractivity (Wildman–Crippen MR) is 87.1 cm³/mol. The highest BCUT2D eigenvalue weighted by Crippen LogP contribution is 2.34. The molecule has 0 unspecified atom stereocenters. The number of amides is 1. The van der Waals surface area contributed by atoms with Gasteiger partial charge in [-0.3, -0.25) is 4.79 Å². The average Bonchev–Trinajstić information content (AvgIpc) is 2.36. The monoisotopic (exact) mass is 398 g/mol. The molecule has 0 radical (unpaired) electrons. The maximum absolute atomic E-state index is 12.2. The summed E-state index contributed by atoms with van der Waals surface area (Å²) in [7, 11) is 0. The van der Waals surface area contributed by atoms with Gasteiger partial charge in [-0.1, -0.05) is 12.1 Å². The summed E-state index contributed by atoms with van der Waals surface area (Å²) in [6.45, 7) is 1.74. The predicted octanol–water partition coefficient (Wildman–Crippen LogP) is 4.06. The molecule has 0 spiro atoms. The fraction of sp³-hybridized carbons (Fsp3) is 0.0714. The lowest BCUT2D eigenvalue weighted by Gasteiger charge is -2.12. The second-order valence-corrected chi connectivity index (χ2v) is 5.99. The molecule has 0 saturated heterocycles. The van der Waals surface area contributed by atoms with Gasteiger partial charge in [-0.05, 0) is 62.5 Å². The Morgan fingerprint density at radius 1 is 1.25 bits per heavy atom. The summed E-state index contributed by atoms with van der Waals surface area (Å²) >= 11 is 6.69. The van der Waals surface area contributed by atoms with Crippen LogP contribution in [0.1, 0.15) is 15.9 Å². The number of carbonyl (C=O) groups excluding carboxylic acids is 1. The van der Waals surface area contributed by atoms with Gasteiger partial charge < -0.3 is 16.2 Å². The third-order valence-electron chi connectivity index (χ3n) is 2.79. The van der Waals surface area contributed by atoms with Crippen LogP contribution in [-0.2, 0) is 0 Å². The Morgan fingerprint density at radius 2 is 1.85 bits per heavy atom. The molecule has 20 heavy (non-hydrogen) atoms. The van der Waals surface area contributed by atoms with Crippen LogP contribution < -0.4 is 11.1 Å². The number of nitrogens with one attached hydrogen (secondary N) is 1. The molecule has 0 heterocycles. The lowest BCUT2D eigenvalue weighted by atomic mass is 10.1. The van der Waals surface area contributed by atoms with Crippen LogP contribution in [0.4, 0.5) is 11.4 Å². The zero-order valence-corrected chi connectivity index (χ0v) is 13.7. The number of hydrogen-bond acceptors (Lipinski definition) is 3. The minimum Gasteiger partial charge on any atom is -0.507 e. The molecule has 0 fully saturated rings. The molecule has 0 atom stereocenters. The number of anilines is 2. The first-order chi connectivity index (χ1) is 9.40. The summed E-state index contributed by atoms with van der Waals surface area (Å²) in [5.41, 5.74) is 7.70. The molecular weight excluding hydrogens is 388 g/mol. The summed E-state index contributed by atoms with van der Waals surface area (Å²) in [5.74, 6) is -0.412. The van der Waals surface area contributed by atoms with E-state index in [1.54, 1.807) is 37.3 Å². The number of phenols is 1. The molecule has 0 aliphatic heterocycles. The zero-order valence-electron chi connectivity index (χ0n) is 10.6. The molecule has 6 heteroatoms. The Balaban J connectivity index is 2.36. The first-order valence-corrected chi connectivity index (χ1v) is 7.33. The van der Waals surface area contributed by atoms with Crippen molar-refractivity contribution in [3.8, 4) is 5.75 Å². The topological polar surface area (TPSA) is 75.4 Å². The number of halogens is 2. The lowest BCUT2D eigenvalue weighted by Crippen LogP contribution is -2.13. The van der Waals surface area contributed by atoms with Gasteiger partial charge in [0.1, 0.15) is 5.75 Å². The molecule has 0 bridgehead atoms. The summed E-state index contributed by atoms with van der Waals surface area (Å²) in [6, 6.07) is 8.40. The Bertz CT molecular complexity index is 664. The number of nitrogens with two attached hydrogens (primary N) is 1. The maximum atomic E-state index is 12.2. The second kappa shape index (κ2) is 5.85. The van der Waals surface area contributed by atoms with Crippen molar-refractivity contribution in [1.29, 1.82) is 0 Å². The van der Waals surface area contributed by atoms with Gasteiger partial charge in [0, 0.05) is 14.6 Å². The number of nitrogen functional groups attached to an aromatic ring is 1. The van der Waals surface area contributed by atoms with Gasteiger partial charge in [0.05, 0.1) is 11.3 Å². The Kier molecular flexibility index (Phi) is 4.35. The van der Waals surface area contributed by atoms with E-state index in [-0.39, 0.29) is 11.3 Å². The summed E-state index contributed by atoms with van der Waals surface area (Å²) in [4.78, 5) is 12.2. The highest BCUT2D eigenvalue weighted by atomic mass is 79.9. The van der Waals surface area contributed by atoms with Gasteiger partial charge in [-0.25, -0.2) is 0 Å². The second-order valence-electron chi connectivity index (χ2n) is 4.28. The molecule has 104 valence electrons. The van der Waals surface area contributed by atoms with Gasteiger partial charge in [-0.2, -0.15) is 0 Å². The molecule has 2 aromatic carbocycles. The lowest BCUT2D eigenvalue weighted by molar-refractivity contribution is 0.102. The van der Waals surface area contributed by atoms with E-state index in [1.807, 2.05) is 0 Å². The summed E-state index contributed by atoms with van der Waals surface area (Å²) < 4.78 is 1.31. The third-order valence-corrected chi connectivity index (χ3v) is 4.04.